The third-order valence-electron chi connectivity index (χ3n) is 5.60. The van der Waals surface area contributed by atoms with Gasteiger partial charge in [-0.05, 0) is 25.0 Å². The average Bonchev–Trinajstić information content (AvgIpc) is 3.18. The number of carbonyl (C=O) groups is 3. The Hall–Kier alpha value is -2.55. The van der Waals surface area contributed by atoms with E-state index in [2.05, 4.69) is 5.32 Å². The largest absolute Gasteiger partial charge is 0.350 e. The number of benzene rings is 1. The van der Waals surface area contributed by atoms with E-state index in [9.17, 15) is 23.2 Å². The van der Waals surface area contributed by atoms with Crippen LogP contribution in [-0.4, -0.2) is 71.7 Å². The first kappa shape index (κ1) is 22.1. The molecule has 2 atom stereocenters. The van der Waals surface area contributed by atoms with Crippen LogP contribution in [0.15, 0.2) is 30.3 Å². The van der Waals surface area contributed by atoms with Gasteiger partial charge in [0.05, 0.1) is 6.54 Å². The summed E-state index contributed by atoms with van der Waals surface area (Å²) < 4.78 is 27.1. The SMILES string of the molecule is N[C@@H](CC(=O)N1CCC[C@H]1CNC(=O)c1ccccc1)CN1CC(F)(F)CCC1=O. The Kier molecular flexibility index (Phi) is 7.02. The lowest BCUT2D eigenvalue weighted by molar-refractivity contribution is -0.148. The first-order valence-electron chi connectivity index (χ1n) is 10.3. The third-order valence-corrected chi connectivity index (χ3v) is 5.60. The molecule has 2 aliphatic heterocycles. The van der Waals surface area contributed by atoms with Crippen LogP contribution in [0.5, 0.6) is 0 Å². The summed E-state index contributed by atoms with van der Waals surface area (Å²) in [7, 11) is 0. The molecule has 3 rings (SSSR count). The van der Waals surface area contributed by atoms with Crippen molar-refractivity contribution in [2.45, 2.75) is 50.1 Å². The number of nitrogens with one attached hydrogen (secondary N) is 1. The Morgan fingerprint density at radius 3 is 2.73 bits per heavy atom. The number of nitrogens with zero attached hydrogens (tertiary/aromatic N) is 2. The molecule has 0 saturated carbocycles. The van der Waals surface area contributed by atoms with Gasteiger partial charge in [0.25, 0.3) is 11.8 Å². The molecule has 30 heavy (non-hydrogen) atoms. The number of carbonyl (C=O) groups excluding carboxylic acids is 3. The van der Waals surface area contributed by atoms with Crippen molar-refractivity contribution in [3.05, 3.63) is 35.9 Å². The molecule has 2 saturated heterocycles. The highest BCUT2D eigenvalue weighted by atomic mass is 19.3. The maximum atomic E-state index is 13.6. The zero-order chi connectivity index (χ0) is 21.7. The van der Waals surface area contributed by atoms with Gasteiger partial charge in [-0.2, -0.15) is 0 Å². The Labute approximate surface area is 174 Å². The monoisotopic (exact) mass is 422 g/mol. The van der Waals surface area contributed by atoms with E-state index >= 15 is 0 Å². The lowest BCUT2D eigenvalue weighted by Gasteiger charge is -2.34. The van der Waals surface area contributed by atoms with Gasteiger partial charge in [-0.3, -0.25) is 14.4 Å². The molecule has 7 nitrogen and oxygen atoms in total. The molecule has 0 spiro atoms. The maximum absolute atomic E-state index is 13.6. The number of amides is 3. The number of halogens is 2. The lowest BCUT2D eigenvalue weighted by atomic mass is 10.0. The lowest BCUT2D eigenvalue weighted by Crippen LogP contribution is -2.51. The van der Waals surface area contributed by atoms with Crippen molar-refractivity contribution < 1.29 is 23.2 Å². The van der Waals surface area contributed by atoms with Crippen LogP contribution in [0, 0.1) is 0 Å². The van der Waals surface area contributed by atoms with Gasteiger partial charge in [-0.1, -0.05) is 18.2 Å². The summed E-state index contributed by atoms with van der Waals surface area (Å²) in [4.78, 5) is 39.6. The summed E-state index contributed by atoms with van der Waals surface area (Å²) in [6.45, 7) is 0.193. The summed E-state index contributed by atoms with van der Waals surface area (Å²) in [6, 6.07) is 7.99. The normalized spacial score (nSPS) is 22.1. The molecule has 0 bridgehead atoms. The second-order valence-corrected chi connectivity index (χ2v) is 8.05. The molecule has 0 radical (unpaired) electrons. The zero-order valence-electron chi connectivity index (χ0n) is 16.9. The van der Waals surface area contributed by atoms with Crippen LogP contribution in [0.4, 0.5) is 8.78 Å². The van der Waals surface area contributed by atoms with Gasteiger partial charge in [0.2, 0.25) is 11.8 Å². The summed E-state index contributed by atoms with van der Waals surface area (Å²) >= 11 is 0. The smallest absolute Gasteiger partial charge is 0.265 e. The Bertz CT molecular complexity index is 775. The highest BCUT2D eigenvalue weighted by Crippen LogP contribution is 2.27. The van der Waals surface area contributed by atoms with Gasteiger partial charge < -0.3 is 20.9 Å². The molecule has 0 aromatic heterocycles. The number of nitrogens with two attached hydrogens (primary N) is 1. The molecule has 1 aromatic rings. The van der Waals surface area contributed by atoms with Crippen LogP contribution in [0.1, 0.15) is 42.5 Å². The molecule has 0 aliphatic carbocycles. The van der Waals surface area contributed by atoms with E-state index in [1.807, 2.05) is 6.07 Å². The van der Waals surface area contributed by atoms with Crippen LogP contribution in [-0.2, 0) is 9.59 Å². The molecule has 1 aromatic carbocycles. The minimum Gasteiger partial charge on any atom is -0.350 e. The minimum absolute atomic E-state index is 0.0293. The molecule has 164 valence electrons. The summed E-state index contributed by atoms with van der Waals surface area (Å²) in [5.74, 6) is -3.65. The number of likely N-dealkylation sites (tertiary alicyclic amines) is 2. The number of hydrogen-bond donors (Lipinski definition) is 2. The molecule has 2 fully saturated rings. The molecule has 0 unspecified atom stereocenters. The average molecular weight is 422 g/mol. The van der Waals surface area contributed by atoms with Crippen LogP contribution in [0.2, 0.25) is 0 Å². The fraction of sp³-hybridized carbons (Fsp3) is 0.571. The van der Waals surface area contributed by atoms with Crippen LogP contribution >= 0.6 is 0 Å². The predicted octanol–water partition coefficient (Wildman–Crippen LogP) is 1.38. The van der Waals surface area contributed by atoms with Crippen molar-refractivity contribution in [1.82, 2.24) is 15.1 Å². The third kappa shape index (κ3) is 5.75. The van der Waals surface area contributed by atoms with Gasteiger partial charge in [-0.15, -0.1) is 0 Å². The number of hydrogen-bond acceptors (Lipinski definition) is 4. The van der Waals surface area contributed by atoms with E-state index in [1.165, 1.54) is 0 Å². The van der Waals surface area contributed by atoms with E-state index in [-0.39, 0.29) is 43.1 Å². The molecule has 2 aliphatic rings. The molecule has 3 amide bonds. The highest BCUT2D eigenvalue weighted by molar-refractivity contribution is 5.94. The van der Waals surface area contributed by atoms with Crippen LogP contribution in [0.25, 0.3) is 0 Å². The zero-order valence-corrected chi connectivity index (χ0v) is 16.9. The van der Waals surface area contributed by atoms with E-state index in [0.29, 0.717) is 18.7 Å². The van der Waals surface area contributed by atoms with E-state index < -0.39 is 24.9 Å². The number of rotatable bonds is 7. The number of alkyl halides is 2. The molecular formula is C21H28F2N4O3. The van der Waals surface area contributed by atoms with Crippen LogP contribution < -0.4 is 11.1 Å². The van der Waals surface area contributed by atoms with Crippen molar-refractivity contribution in [1.29, 1.82) is 0 Å². The molecule has 2 heterocycles. The Morgan fingerprint density at radius 1 is 1.27 bits per heavy atom. The van der Waals surface area contributed by atoms with Crippen molar-refractivity contribution in [3.8, 4) is 0 Å². The van der Waals surface area contributed by atoms with Crippen molar-refractivity contribution in [2.24, 2.45) is 5.73 Å². The van der Waals surface area contributed by atoms with Gasteiger partial charge in [-0.25, -0.2) is 8.78 Å². The molecular weight excluding hydrogens is 394 g/mol. The number of piperidine rings is 1. The summed E-state index contributed by atoms with van der Waals surface area (Å²) in [5, 5.41) is 2.86. The molecule has 9 heteroatoms. The fourth-order valence-electron chi connectivity index (χ4n) is 4.03. The van der Waals surface area contributed by atoms with Gasteiger partial charge in [0.1, 0.15) is 0 Å². The second-order valence-electron chi connectivity index (χ2n) is 8.05. The first-order valence-corrected chi connectivity index (χ1v) is 10.3. The standard InChI is InChI=1S/C21H28F2N4O3/c22-21(23)9-8-18(28)26(14-21)13-16(24)11-19(29)27-10-4-7-17(27)12-25-20(30)15-5-2-1-3-6-15/h1-3,5-6,16-17H,4,7-14,24H2,(H,25,30)/t16-,17-/m0/s1. The fourth-order valence-corrected chi connectivity index (χ4v) is 4.03. The van der Waals surface area contributed by atoms with Gasteiger partial charge in [0, 0.05) is 56.5 Å². The van der Waals surface area contributed by atoms with Crippen LogP contribution in [0.3, 0.4) is 0 Å². The summed E-state index contributed by atoms with van der Waals surface area (Å²) in [6.07, 6.45) is 0.915. The molecule has 3 N–H and O–H groups in total. The van der Waals surface area contributed by atoms with Gasteiger partial charge in [0.15, 0.2) is 0 Å². The van der Waals surface area contributed by atoms with Crippen molar-refractivity contribution in [3.63, 3.8) is 0 Å². The Morgan fingerprint density at radius 2 is 2.00 bits per heavy atom. The van der Waals surface area contributed by atoms with E-state index in [4.69, 9.17) is 5.73 Å². The van der Waals surface area contributed by atoms with Crippen molar-refractivity contribution >= 4 is 17.7 Å². The Balaban J connectivity index is 1.49. The van der Waals surface area contributed by atoms with E-state index in [0.717, 1.165) is 17.7 Å². The quantitative estimate of drug-likeness (QED) is 0.694. The highest BCUT2D eigenvalue weighted by Gasteiger charge is 2.39. The first-order chi connectivity index (χ1) is 14.2. The predicted molar refractivity (Wildman–Crippen MR) is 107 cm³/mol. The van der Waals surface area contributed by atoms with Gasteiger partial charge >= 0.3 is 0 Å². The topological polar surface area (TPSA) is 95.7 Å². The minimum atomic E-state index is -2.91. The van der Waals surface area contributed by atoms with Crippen molar-refractivity contribution in [2.75, 3.05) is 26.2 Å². The summed E-state index contributed by atoms with van der Waals surface area (Å²) in [5.41, 5.74) is 6.57. The maximum Gasteiger partial charge on any atom is 0.265 e. The second kappa shape index (κ2) is 9.51. The van der Waals surface area contributed by atoms with E-state index in [1.54, 1.807) is 29.2 Å².